The lowest BCUT2D eigenvalue weighted by molar-refractivity contribution is -0.136. The number of nitrogens with zero attached hydrogens (tertiary/aromatic N) is 1. The molecule has 0 aliphatic carbocycles. The number of barbiturate groups is 1. The average Bonchev–Trinajstić information content (AvgIpc) is 2.36. The van der Waals surface area contributed by atoms with Gasteiger partial charge in [0.15, 0.2) is 0 Å². The summed E-state index contributed by atoms with van der Waals surface area (Å²) in [6.45, 7) is 3.52. The van der Waals surface area contributed by atoms with Crippen LogP contribution in [-0.4, -0.2) is 25.0 Å². The second-order valence-corrected chi connectivity index (χ2v) is 5.95. The number of carbonyl (C=O) groups is 3. The fourth-order valence-corrected chi connectivity index (χ4v) is 2.68. The number of rotatable bonds is 3. The van der Waals surface area contributed by atoms with Crippen LogP contribution in [-0.2, 0) is 9.59 Å². The van der Waals surface area contributed by atoms with Crippen LogP contribution in [0.15, 0.2) is 22.7 Å². The summed E-state index contributed by atoms with van der Waals surface area (Å²) in [5.74, 6) is -1.68. The molecule has 7 heteroatoms. The first kappa shape index (κ1) is 15.5. The molecular formula is C14H15BrN2O4. The average molecular weight is 355 g/mol. The first-order chi connectivity index (χ1) is 9.85. The van der Waals surface area contributed by atoms with Gasteiger partial charge in [-0.2, -0.15) is 0 Å². The van der Waals surface area contributed by atoms with Crippen molar-refractivity contribution in [2.24, 2.45) is 11.8 Å². The van der Waals surface area contributed by atoms with Crippen molar-refractivity contribution in [1.82, 2.24) is 5.32 Å². The summed E-state index contributed by atoms with van der Waals surface area (Å²) in [4.78, 5) is 37.3. The highest BCUT2D eigenvalue weighted by molar-refractivity contribution is 9.10. The zero-order chi connectivity index (χ0) is 15.7. The molecule has 0 spiro atoms. The smallest absolute Gasteiger partial charge is 0.335 e. The molecule has 112 valence electrons. The molecule has 2 rings (SSSR count). The molecule has 1 atom stereocenters. The van der Waals surface area contributed by atoms with Crippen LogP contribution in [0.25, 0.3) is 0 Å². The highest BCUT2D eigenvalue weighted by atomic mass is 79.9. The van der Waals surface area contributed by atoms with Crippen LogP contribution in [0.5, 0.6) is 5.75 Å². The fraction of sp³-hybridized carbons (Fsp3) is 0.357. The summed E-state index contributed by atoms with van der Waals surface area (Å²) in [5.41, 5.74) is 0.349. The molecule has 1 heterocycles. The number of ether oxygens (including phenoxy) is 1. The first-order valence-corrected chi connectivity index (χ1v) is 7.17. The van der Waals surface area contributed by atoms with E-state index in [-0.39, 0.29) is 5.92 Å². The standard InChI is InChI=1S/C14H15BrN2O4/c1-7(2)11-12(18)16-14(20)17(13(11)19)9-4-8(15)5-10(6-9)21-3/h4-7,11H,1-3H3,(H,16,18,20). The largest absolute Gasteiger partial charge is 0.497 e. The van der Waals surface area contributed by atoms with Gasteiger partial charge in [0.25, 0.3) is 0 Å². The zero-order valence-corrected chi connectivity index (χ0v) is 13.4. The summed E-state index contributed by atoms with van der Waals surface area (Å²) in [6.07, 6.45) is 0. The molecule has 1 unspecified atom stereocenters. The predicted molar refractivity (Wildman–Crippen MR) is 80.0 cm³/mol. The number of carbonyl (C=O) groups excluding carboxylic acids is 3. The van der Waals surface area contributed by atoms with Crippen LogP contribution < -0.4 is 15.0 Å². The Labute approximate surface area is 130 Å². The summed E-state index contributed by atoms with van der Waals surface area (Å²) in [5, 5.41) is 2.22. The topological polar surface area (TPSA) is 75.7 Å². The molecule has 1 N–H and O–H groups in total. The maximum absolute atomic E-state index is 12.5. The van der Waals surface area contributed by atoms with Crippen LogP contribution >= 0.6 is 15.9 Å². The number of amides is 4. The first-order valence-electron chi connectivity index (χ1n) is 6.38. The molecule has 1 saturated heterocycles. The van der Waals surface area contributed by atoms with E-state index in [0.717, 1.165) is 4.90 Å². The molecular weight excluding hydrogens is 340 g/mol. The molecule has 1 fully saturated rings. The van der Waals surface area contributed by atoms with Gasteiger partial charge in [-0.3, -0.25) is 14.9 Å². The van der Waals surface area contributed by atoms with Crippen LogP contribution in [0.2, 0.25) is 0 Å². The Kier molecular flexibility index (Phi) is 4.32. The number of hydrogen-bond donors (Lipinski definition) is 1. The third-order valence-corrected chi connectivity index (χ3v) is 3.68. The van der Waals surface area contributed by atoms with Gasteiger partial charge in [0, 0.05) is 10.5 Å². The Morgan fingerprint density at radius 2 is 1.90 bits per heavy atom. The molecule has 0 aromatic heterocycles. The summed E-state index contributed by atoms with van der Waals surface area (Å²) in [7, 11) is 1.49. The highest BCUT2D eigenvalue weighted by Crippen LogP contribution is 2.30. The lowest BCUT2D eigenvalue weighted by Gasteiger charge is -2.32. The lowest BCUT2D eigenvalue weighted by Crippen LogP contribution is -2.59. The molecule has 4 amide bonds. The fourth-order valence-electron chi connectivity index (χ4n) is 2.22. The van der Waals surface area contributed by atoms with Crippen molar-refractivity contribution in [3.8, 4) is 5.75 Å². The number of methoxy groups -OCH3 is 1. The second kappa shape index (κ2) is 5.85. The zero-order valence-electron chi connectivity index (χ0n) is 11.8. The van der Waals surface area contributed by atoms with Crippen molar-refractivity contribution >= 4 is 39.5 Å². The van der Waals surface area contributed by atoms with Gasteiger partial charge in [0.05, 0.1) is 12.8 Å². The van der Waals surface area contributed by atoms with E-state index in [1.807, 2.05) is 0 Å². The lowest BCUT2D eigenvalue weighted by atomic mass is 9.92. The molecule has 1 aliphatic rings. The monoisotopic (exact) mass is 354 g/mol. The minimum Gasteiger partial charge on any atom is -0.497 e. The molecule has 0 radical (unpaired) electrons. The SMILES string of the molecule is COc1cc(Br)cc(N2C(=O)NC(=O)C(C(C)C)C2=O)c1. The number of anilines is 1. The van der Waals surface area contributed by atoms with Gasteiger partial charge in [0.2, 0.25) is 11.8 Å². The maximum atomic E-state index is 12.5. The Morgan fingerprint density at radius 1 is 1.24 bits per heavy atom. The van der Waals surface area contributed by atoms with E-state index in [2.05, 4.69) is 21.2 Å². The van der Waals surface area contributed by atoms with E-state index in [1.54, 1.807) is 32.0 Å². The van der Waals surface area contributed by atoms with Crippen molar-refractivity contribution in [2.75, 3.05) is 12.0 Å². The van der Waals surface area contributed by atoms with Gasteiger partial charge in [0.1, 0.15) is 11.7 Å². The molecule has 1 aliphatic heterocycles. The summed E-state index contributed by atoms with van der Waals surface area (Å²) in [6, 6.07) is 4.14. The van der Waals surface area contributed by atoms with Gasteiger partial charge in [-0.1, -0.05) is 29.8 Å². The molecule has 0 bridgehead atoms. The van der Waals surface area contributed by atoms with Crippen LogP contribution in [0.4, 0.5) is 10.5 Å². The van der Waals surface area contributed by atoms with Crippen LogP contribution in [0.3, 0.4) is 0 Å². The van der Waals surface area contributed by atoms with E-state index in [0.29, 0.717) is 15.9 Å². The number of imide groups is 2. The highest BCUT2D eigenvalue weighted by Gasteiger charge is 2.42. The molecule has 0 saturated carbocycles. The van der Waals surface area contributed by atoms with E-state index in [9.17, 15) is 14.4 Å². The third-order valence-electron chi connectivity index (χ3n) is 3.22. The van der Waals surface area contributed by atoms with E-state index < -0.39 is 23.8 Å². The molecule has 1 aromatic carbocycles. The van der Waals surface area contributed by atoms with Crippen LogP contribution in [0, 0.1) is 11.8 Å². The van der Waals surface area contributed by atoms with Crippen molar-refractivity contribution in [1.29, 1.82) is 0 Å². The van der Waals surface area contributed by atoms with Crippen molar-refractivity contribution in [2.45, 2.75) is 13.8 Å². The van der Waals surface area contributed by atoms with Crippen LogP contribution in [0.1, 0.15) is 13.8 Å². The van der Waals surface area contributed by atoms with Crippen molar-refractivity contribution in [3.05, 3.63) is 22.7 Å². The summed E-state index contributed by atoms with van der Waals surface area (Å²) < 4.78 is 5.79. The number of hydrogen-bond acceptors (Lipinski definition) is 4. The van der Waals surface area contributed by atoms with Crippen molar-refractivity contribution < 1.29 is 19.1 Å². The number of nitrogens with one attached hydrogen (secondary N) is 1. The van der Waals surface area contributed by atoms with Gasteiger partial charge in [-0.05, 0) is 18.1 Å². The van der Waals surface area contributed by atoms with Gasteiger partial charge in [-0.25, -0.2) is 9.69 Å². The minimum absolute atomic E-state index is 0.206. The normalized spacial score (nSPS) is 19.0. The van der Waals surface area contributed by atoms with E-state index in [1.165, 1.54) is 7.11 Å². The number of urea groups is 1. The Morgan fingerprint density at radius 3 is 2.48 bits per heavy atom. The maximum Gasteiger partial charge on any atom is 0.335 e. The van der Waals surface area contributed by atoms with E-state index >= 15 is 0 Å². The van der Waals surface area contributed by atoms with Gasteiger partial charge < -0.3 is 4.74 Å². The second-order valence-electron chi connectivity index (χ2n) is 5.04. The molecule has 6 nitrogen and oxygen atoms in total. The molecule has 21 heavy (non-hydrogen) atoms. The number of halogens is 1. The predicted octanol–water partition coefficient (Wildman–Crippen LogP) is 2.31. The minimum atomic E-state index is -0.882. The summed E-state index contributed by atoms with van der Waals surface area (Å²) >= 11 is 3.30. The third kappa shape index (κ3) is 2.92. The molecule has 1 aromatic rings. The van der Waals surface area contributed by atoms with Gasteiger partial charge >= 0.3 is 6.03 Å². The number of benzene rings is 1. The van der Waals surface area contributed by atoms with Crippen molar-refractivity contribution in [3.63, 3.8) is 0 Å². The van der Waals surface area contributed by atoms with E-state index in [4.69, 9.17) is 4.74 Å². The quantitative estimate of drug-likeness (QED) is 0.845. The Hall–Kier alpha value is -1.89. The van der Waals surface area contributed by atoms with Gasteiger partial charge in [-0.15, -0.1) is 0 Å². The Bertz CT molecular complexity index is 615. The Balaban J connectivity index is 2.46.